The Morgan fingerprint density at radius 2 is 2.00 bits per heavy atom. The van der Waals surface area contributed by atoms with E-state index >= 15 is 0 Å². The zero-order valence-electron chi connectivity index (χ0n) is 16.7. The fourth-order valence-electron chi connectivity index (χ4n) is 4.05. The third kappa shape index (κ3) is 5.50. The van der Waals surface area contributed by atoms with Crippen LogP contribution in [0.3, 0.4) is 0 Å². The van der Waals surface area contributed by atoms with Gasteiger partial charge >= 0.3 is 5.97 Å². The molecule has 1 fully saturated rings. The molecular formula is C22H26BrClN2O3. The highest BCUT2D eigenvalue weighted by Gasteiger charge is 2.26. The number of halogens is 2. The van der Waals surface area contributed by atoms with Crippen LogP contribution in [0, 0.1) is 5.92 Å². The third-order valence-electron chi connectivity index (χ3n) is 5.68. The number of carbonyl (C=O) groups is 1. The lowest BCUT2D eigenvalue weighted by atomic mass is 9.83. The molecule has 1 heterocycles. The Morgan fingerprint density at radius 3 is 2.66 bits per heavy atom. The number of aliphatic carboxylic acids is 1. The van der Waals surface area contributed by atoms with Gasteiger partial charge in [-0.3, -0.25) is 9.69 Å². The van der Waals surface area contributed by atoms with Gasteiger partial charge in [-0.2, -0.15) is 0 Å². The summed E-state index contributed by atoms with van der Waals surface area (Å²) < 4.78 is 6.40. The number of rotatable bonds is 7. The fraction of sp³-hybridized carbons (Fsp3) is 0.455. The summed E-state index contributed by atoms with van der Waals surface area (Å²) in [7, 11) is 3.75. The van der Waals surface area contributed by atoms with Crippen molar-refractivity contribution in [1.29, 1.82) is 0 Å². The predicted molar refractivity (Wildman–Crippen MR) is 118 cm³/mol. The summed E-state index contributed by atoms with van der Waals surface area (Å²) in [6.45, 7) is 0.733. The molecule has 0 aliphatic heterocycles. The van der Waals surface area contributed by atoms with Gasteiger partial charge in [0.2, 0.25) is 5.88 Å². The molecule has 1 N–H and O–H groups in total. The van der Waals surface area contributed by atoms with Crippen LogP contribution in [-0.4, -0.2) is 41.2 Å². The van der Waals surface area contributed by atoms with E-state index in [0.717, 1.165) is 53.5 Å². The second kappa shape index (κ2) is 9.92. The van der Waals surface area contributed by atoms with E-state index in [2.05, 4.69) is 32.9 Å². The first kappa shape index (κ1) is 22.1. The molecule has 156 valence electrons. The van der Waals surface area contributed by atoms with Crippen LogP contribution in [0.25, 0.3) is 11.3 Å². The van der Waals surface area contributed by atoms with Gasteiger partial charge in [-0.25, -0.2) is 4.98 Å². The molecule has 5 nitrogen and oxygen atoms in total. The van der Waals surface area contributed by atoms with Crippen molar-refractivity contribution in [2.24, 2.45) is 5.92 Å². The van der Waals surface area contributed by atoms with Crippen LogP contribution in [0.5, 0.6) is 5.88 Å². The lowest BCUT2D eigenvalue weighted by Gasteiger charge is -2.34. The number of methoxy groups -OCH3 is 1. The highest BCUT2D eigenvalue weighted by molar-refractivity contribution is 9.10. The molecule has 1 aliphatic carbocycles. The third-order valence-corrected chi connectivity index (χ3v) is 6.98. The quantitative estimate of drug-likeness (QED) is 0.554. The topological polar surface area (TPSA) is 62.7 Å². The van der Waals surface area contributed by atoms with Crippen molar-refractivity contribution in [2.45, 2.75) is 44.7 Å². The molecule has 1 aliphatic rings. The molecule has 7 heteroatoms. The minimum Gasteiger partial charge on any atom is -0.481 e. The summed E-state index contributed by atoms with van der Waals surface area (Å²) in [6, 6.07) is 10.2. The first-order chi connectivity index (χ1) is 13.9. The number of hydrogen-bond donors (Lipinski definition) is 1. The van der Waals surface area contributed by atoms with Crippen molar-refractivity contribution in [1.82, 2.24) is 9.88 Å². The number of benzene rings is 1. The Bertz CT molecular complexity index is 869. The maximum atomic E-state index is 10.9. The van der Waals surface area contributed by atoms with Crippen molar-refractivity contribution in [2.75, 3.05) is 14.2 Å². The van der Waals surface area contributed by atoms with Crippen LogP contribution in [0.15, 0.2) is 34.8 Å². The summed E-state index contributed by atoms with van der Waals surface area (Å²) >= 11 is 9.88. The largest absolute Gasteiger partial charge is 0.481 e. The molecule has 0 unspecified atom stereocenters. The highest BCUT2D eigenvalue weighted by atomic mass is 79.9. The molecule has 0 radical (unpaired) electrons. The Balaban J connectivity index is 1.70. The lowest BCUT2D eigenvalue weighted by molar-refractivity contribution is -0.138. The molecule has 1 aromatic carbocycles. The van der Waals surface area contributed by atoms with Crippen LogP contribution in [-0.2, 0) is 11.3 Å². The zero-order chi connectivity index (χ0) is 21.0. The van der Waals surface area contributed by atoms with E-state index in [-0.39, 0.29) is 6.42 Å². The van der Waals surface area contributed by atoms with Crippen LogP contribution < -0.4 is 4.74 Å². The lowest BCUT2D eigenvalue weighted by Crippen LogP contribution is -2.35. The van der Waals surface area contributed by atoms with E-state index < -0.39 is 5.97 Å². The second-order valence-electron chi connectivity index (χ2n) is 7.65. The zero-order valence-corrected chi connectivity index (χ0v) is 19.0. The summed E-state index contributed by atoms with van der Waals surface area (Å²) in [5.74, 6) is 0.218. The Labute approximate surface area is 185 Å². The Morgan fingerprint density at radius 1 is 1.28 bits per heavy atom. The Hall–Kier alpha value is -1.63. The number of carboxylic acids is 1. The fourth-order valence-corrected chi connectivity index (χ4v) is 4.64. The van der Waals surface area contributed by atoms with E-state index in [1.807, 2.05) is 30.3 Å². The molecule has 2 aromatic rings. The summed E-state index contributed by atoms with van der Waals surface area (Å²) in [5.41, 5.74) is 2.65. The number of hydrogen-bond acceptors (Lipinski definition) is 4. The molecule has 0 atom stereocenters. The molecule has 0 spiro atoms. The molecule has 0 amide bonds. The van der Waals surface area contributed by atoms with Crippen LogP contribution in [0.2, 0.25) is 5.02 Å². The summed E-state index contributed by atoms with van der Waals surface area (Å²) in [4.78, 5) is 17.9. The first-order valence-corrected chi connectivity index (χ1v) is 11.0. The average Bonchev–Trinajstić information content (AvgIpc) is 2.70. The molecule has 29 heavy (non-hydrogen) atoms. The van der Waals surface area contributed by atoms with Gasteiger partial charge in [-0.05, 0) is 66.7 Å². The van der Waals surface area contributed by atoms with Crippen molar-refractivity contribution in [3.63, 3.8) is 0 Å². The minimum atomic E-state index is -0.691. The van der Waals surface area contributed by atoms with Gasteiger partial charge in [-0.1, -0.05) is 29.8 Å². The first-order valence-electron chi connectivity index (χ1n) is 9.79. The summed E-state index contributed by atoms with van der Waals surface area (Å²) in [5, 5.41) is 9.62. The van der Waals surface area contributed by atoms with Crippen molar-refractivity contribution >= 4 is 33.5 Å². The molecular weight excluding hydrogens is 456 g/mol. The standard InChI is InChI=1S/C22H26BrClN2O3/c1-26(16-9-6-14(7-10-16)12-20(27)28)13-15-8-11-19(25-22(15)29-2)17-4-3-5-18(23)21(17)24/h3-5,8,11,14,16H,6-7,9-10,12-13H2,1-2H3,(H,27,28). The smallest absolute Gasteiger partial charge is 0.303 e. The van der Waals surface area contributed by atoms with Crippen molar-refractivity contribution in [3.05, 3.63) is 45.4 Å². The molecule has 3 rings (SSSR count). The van der Waals surface area contributed by atoms with E-state index in [9.17, 15) is 4.79 Å². The van der Waals surface area contributed by atoms with Gasteiger partial charge in [0, 0.05) is 34.6 Å². The number of nitrogens with zero attached hydrogens (tertiary/aromatic N) is 2. The SMILES string of the molecule is COc1nc(-c2cccc(Br)c2Cl)ccc1CN(C)C1CCC(CC(=O)O)CC1. The molecule has 1 aromatic heterocycles. The van der Waals surface area contributed by atoms with Crippen LogP contribution in [0.1, 0.15) is 37.7 Å². The minimum absolute atomic E-state index is 0.286. The average molecular weight is 482 g/mol. The maximum Gasteiger partial charge on any atom is 0.303 e. The maximum absolute atomic E-state index is 10.9. The number of carboxylic acid groups (broad SMARTS) is 1. The van der Waals surface area contributed by atoms with Gasteiger partial charge in [-0.15, -0.1) is 0 Å². The van der Waals surface area contributed by atoms with E-state index in [4.69, 9.17) is 21.4 Å². The van der Waals surface area contributed by atoms with E-state index in [0.29, 0.717) is 22.9 Å². The van der Waals surface area contributed by atoms with Gasteiger partial charge in [0.05, 0.1) is 17.8 Å². The molecule has 0 saturated heterocycles. The monoisotopic (exact) mass is 480 g/mol. The van der Waals surface area contributed by atoms with E-state index in [1.165, 1.54) is 0 Å². The number of aromatic nitrogens is 1. The number of ether oxygens (including phenoxy) is 1. The molecule has 0 bridgehead atoms. The van der Waals surface area contributed by atoms with Crippen LogP contribution >= 0.6 is 27.5 Å². The van der Waals surface area contributed by atoms with Gasteiger partial charge in [0.25, 0.3) is 0 Å². The van der Waals surface area contributed by atoms with Gasteiger partial charge < -0.3 is 9.84 Å². The predicted octanol–water partition coefficient (Wildman–Crippen LogP) is 5.64. The highest BCUT2D eigenvalue weighted by Crippen LogP contribution is 2.35. The van der Waals surface area contributed by atoms with Crippen molar-refractivity contribution < 1.29 is 14.6 Å². The van der Waals surface area contributed by atoms with Crippen LogP contribution in [0.4, 0.5) is 0 Å². The molecule has 1 saturated carbocycles. The number of pyridine rings is 1. The second-order valence-corrected chi connectivity index (χ2v) is 8.89. The van der Waals surface area contributed by atoms with E-state index in [1.54, 1.807) is 7.11 Å². The van der Waals surface area contributed by atoms with Crippen molar-refractivity contribution in [3.8, 4) is 17.1 Å². The summed E-state index contributed by atoms with van der Waals surface area (Å²) in [6.07, 6.45) is 4.27. The normalized spacial score (nSPS) is 19.3. The van der Waals surface area contributed by atoms with Gasteiger partial charge in [0.15, 0.2) is 0 Å². The van der Waals surface area contributed by atoms with Gasteiger partial charge in [0.1, 0.15) is 0 Å². The Kier molecular flexibility index (Phi) is 7.55.